The molecule has 2 aliphatic heterocycles. The van der Waals surface area contributed by atoms with E-state index in [-0.39, 0.29) is 17.2 Å². The van der Waals surface area contributed by atoms with Gasteiger partial charge in [-0.25, -0.2) is 0 Å². The summed E-state index contributed by atoms with van der Waals surface area (Å²) in [7, 11) is 1.66. The van der Waals surface area contributed by atoms with Gasteiger partial charge in [-0.15, -0.1) is 11.3 Å². The highest BCUT2D eigenvalue weighted by molar-refractivity contribution is 7.12. The standard InChI is InChI=1S/C17H24N2O3S/c1-22-12-11-19-10-7-17(16(19)21)5-3-8-18(9-6-17)15(20)14-4-2-13-23-14/h2,4,13H,3,5-12H2,1H3/t17-/m0/s1. The van der Waals surface area contributed by atoms with E-state index in [1.165, 1.54) is 11.3 Å². The highest BCUT2D eigenvalue weighted by Gasteiger charge is 2.47. The number of rotatable bonds is 4. The van der Waals surface area contributed by atoms with Gasteiger partial charge in [-0.1, -0.05) is 6.07 Å². The van der Waals surface area contributed by atoms with Crippen molar-refractivity contribution < 1.29 is 14.3 Å². The average Bonchev–Trinajstić information content (AvgIpc) is 3.12. The predicted octanol–water partition coefficient (Wildman–Crippen LogP) is 2.24. The van der Waals surface area contributed by atoms with E-state index in [1.807, 2.05) is 27.3 Å². The second-order valence-corrected chi connectivity index (χ2v) is 7.39. The third-order valence-electron chi connectivity index (χ3n) is 5.13. The van der Waals surface area contributed by atoms with Crippen LogP contribution in [0.25, 0.3) is 0 Å². The van der Waals surface area contributed by atoms with Gasteiger partial charge in [0, 0.05) is 33.3 Å². The van der Waals surface area contributed by atoms with E-state index in [0.29, 0.717) is 19.7 Å². The van der Waals surface area contributed by atoms with Crippen LogP contribution in [-0.4, -0.2) is 61.5 Å². The number of methoxy groups -OCH3 is 1. The molecule has 126 valence electrons. The highest BCUT2D eigenvalue weighted by Crippen LogP contribution is 2.41. The summed E-state index contributed by atoms with van der Waals surface area (Å²) < 4.78 is 5.10. The number of thiophene rings is 1. The number of amides is 2. The van der Waals surface area contributed by atoms with E-state index in [9.17, 15) is 9.59 Å². The molecule has 0 saturated carbocycles. The van der Waals surface area contributed by atoms with Crippen molar-refractivity contribution in [2.24, 2.45) is 5.41 Å². The Labute approximate surface area is 141 Å². The number of hydrogen-bond acceptors (Lipinski definition) is 4. The van der Waals surface area contributed by atoms with Gasteiger partial charge < -0.3 is 14.5 Å². The minimum atomic E-state index is -0.252. The largest absolute Gasteiger partial charge is 0.383 e. The topological polar surface area (TPSA) is 49.9 Å². The molecule has 1 aromatic rings. The molecule has 5 nitrogen and oxygen atoms in total. The molecule has 3 heterocycles. The van der Waals surface area contributed by atoms with Gasteiger partial charge >= 0.3 is 0 Å². The summed E-state index contributed by atoms with van der Waals surface area (Å²) in [4.78, 5) is 30.0. The van der Waals surface area contributed by atoms with E-state index >= 15 is 0 Å². The van der Waals surface area contributed by atoms with Crippen LogP contribution in [0.5, 0.6) is 0 Å². The van der Waals surface area contributed by atoms with Crippen LogP contribution in [0.2, 0.25) is 0 Å². The van der Waals surface area contributed by atoms with Crippen molar-refractivity contribution in [1.82, 2.24) is 9.80 Å². The molecule has 1 atom stereocenters. The molecular weight excluding hydrogens is 312 g/mol. The molecule has 0 unspecified atom stereocenters. The number of carbonyl (C=O) groups is 2. The Kier molecular flexibility index (Phi) is 5.02. The van der Waals surface area contributed by atoms with Crippen molar-refractivity contribution in [1.29, 1.82) is 0 Å². The molecule has 2 saturated heterocycles. The van der Waals surface area contributed by atoms with Gasteiger partial charge in [-0.05, 0) is 37.1 Å². The Morgan fingerprint density at radius 1 is 1.30 bits per heavy atom. The molecule has 3 rings (SSSR count). The summed E-state index contributed by atoms with van der Waals surface area (Å²) >= 11 is 1.48. The normalized spacial score (nSPS) is 25.2. The Hall–Kier alpha value is -1.40. The van der Waals surface area contributed by atoms with E-state index < -0.39 is 0 Å². The van der Waals surface area contributed by atoms with Crippen LogP contribution in [0.3, 0.4) is 0 Å². The lowest BCUT2D eigenvalue weighted by Gasteiger charge is -2.26. The van der Waals surface area contributed by atoms with Gasteiger partial charge in [-0.3, -0.25) is 9.59 Å². The molecule has 1 aromatic heterocycles. The molecular formula is C17H24N2O3S. The molecule has 23 heavy (non-hydrogen) atoms. The van der Waals surface area contributed by atoms with Gasteiger partial charge in [0.25, 0.3) is 5.91 Å². The monoisotopic (exact) mass is 336 g/mol. The number of likely N-dealkylation sites (tertiary alicyclic amines) is 2. The minimum Gasteiger partial charge on any atom is -0.383 e. The molecule has 0 aliphatic carbocycles. The fourth-order valence-electron chi connectivity index (χ4n) is 3.72. The van der Waals surface area contributed by atoms with Crippen molar-refractivity contribution in [3.05, 3.63) is 22.4 Å². The van der Waals surface area contributed by atoms with Gasteiger partial charge in [0.05, 0.1) is 16.9 Å². The van der Waals surface area contributed by atoms with Crippen molar-refractivity contribution in [2.45, 2.75) is 25.7 Å². The first kappa shape index (κ1) is 16.5. The summed E-state index contributed by atoms with van der Waals surface area (Å²) in [5, 5.41) is 1.93. The highest BCUT2D eigenvalue weighted by atomic mass is 32.1. The van der Waals surface area contributed by atoms with Crippen LogP contribution < -0.4 is 0 Å². The lowest BCUT2D eigenvalue weighted by atomic mass is 9.79. The molecule has 0 N–H and O–H groups in total. The predicted molar refractivity (Wildman–Crippen MR) is 89.6 cm³/mol. The summed E-state index contributed by atoms with van der Waals surface area (Å²) in [6, 6.07) is 3.78. The van der Waals surface area contributed by atoms with E-state index in [1.54, 1.807) is 7.11 Å². The number of ether oxygens (including phenoxy) is 1. The number of carbonyl (C=O) groups excluding carboxylic acids is 2. The second kappa shape index (κ2) is 7.01. The Balaban J connectivity index is 1.64. The SMILES string of the molecule is COCCN1CC[C@@]2(CCCN(C(=O)c3cccs3)CC2)C1=O. The van der Waals surface area contributed by atoms with Gasteiger partial charge in [0.2, 0.25) is 5.91 Å². The maximum Gasteiger partial charge on any atom is 0.263 e. The van der Waals surface area contributed by atoms with Crippen molar-refractivity contribution in [3.8, 4) is 0 Å². The zero-order valence-corrected chi connectivity index (χ0v) is 14.4. The maximum absolute atomic E-state index is 12.8. The molecule has 2 amide bonds. The van der Waals surface area contributed by atoms with Gasteiger partial charge in [-0.2, -0.15) is 0 Å². The molecule has 0 aromatic carbocycles. The second-order valence-electron chi connectivity index (χ2n) is 6.44. The lowest BCUT2D eigenvalue weighted by molar-refractivity contribution is -0.137. The quantitative estimate of drug-likeness (QED) is 0.847. The third-order valence-corrected chi connectivity index (χ3v) is 5.99. The number of hydrogen-bond donors (Lipinski definition) is 0. The van der Waals surface area contributed by atoms with Crippen molar-refractivity contribution >= 4 is 23.2 Å². The van der Waals surface area contributed by atoms with Crippen LogP contribution in [0.15, 0.2) is 17.5 Å². The van der Waals surface area contributed by atoms with Crippen LogP contribution in [0.4, 0.5) is 0 Å². The van der Waals surface area contributed by atoms with Gasteiger partial charge in [0.1, 0.15) is 0 Å². The Morgan fingerprint density at radius 3 is 2.87 bits per heavy atom. The van der Waals surface area contributed by atoms with Crippen LogP contribution >= 0.6 is 11.3 Å². The summed E-state index contributed by atoms with van der Waals surface area (Å²) in [5.74, 6) is 0.374. The molecule has 2 aliphatic rings. The summed E-state index contributed by atoms with van der Waals surface area (Å²) in [6.45, 7) is 3.52. The van der Waals surface area contributed by atoms with E-state index in [0.717, 1.165) is 43.6 Å². The van der Waals surface area contributed by atoms with Gasteiger partial charge in [0.15, 0.2) is 0 Å². The van der Waals surface area contributed by atoms with E-state index in [2.05, 4.69) is 0 Å². The minimum absolute atomic E-state index is 0.110. The first-order valence-electron chi connectivity index (χ1n) is 8.27. The maximum atomic E-state index is 12.8. The van der Waals surface area contributed by atoms with Crippen molar-refractivity contribution in [2.75, 3.05) is 39.9 Å². The van der Waals surface area contributed by atoms with E-state index in [4.69, 9.17) is 4.74 Å². The molecule has 6 heteroatoms. The fraction of sp³-hybridized carbons (Fsp3) is 0.647. The number of nitrogens with zero attached hydrogens (tertiary/aromatic N) is 2. The Bertz CT molecular complexity index is 560. The summed E-state index contributed by atoms with van der Waals surface area (Å²) in [5.41, 5.74) is -0.252. The zero-order chi connectivity index (χ0) is 16.3. The average molecular weight is 336 g/mol. The third kappa shape index (κ3) is 3.28. The summed E-state index contributed by atoms with van der Waals surface area (Å²) in [6.07, 6.45) is 3.49. The van der Waals surface area contributed by atoms with Crippen LogP contribution in [0.1, 0.15) is 35.4 Å². The smallest absolute Gasteiger partial charge is 0.263 e. The lowest BCUT2D eigenvalue weighted by Crippen LogP contribution is -2.37. The van der Waals surface area contributed by atoms with Crippen molar-refractivity contribution in [3.63, 3.8) is 0 Å². The first-order chi connectivity index (χ1) is 11.2. The Morgan fingerprint density at radius 2 is 2.13 bits per heavy atom. The molecule has 1 spiro atoms. The molecule has 0 bridgehead atoms. The molecule has 2 fully saturated rings. The van der Waals surface area contributed by atoms with Crippen LogP contribution in [0, 0.1) is 5.41 Å². The molecule has 0 radical (unpaired) electrons. The fourth-order valence-corrected chi connectivity index (χ4v) is 4.42. The zero-order valence-electron chi connectivity index (χ0n) is 13.6. The first-order valence-corrected chi connectivity index (χ1v) is 9.15. The van der Waals surface area contributed by atoms with Crippen LogP contribution in [-0.2, 0) is 9.53 Å².